The molecule has 0 bridgehead atoms. The van der Waals surface area contributed by atoms with Crippen molar-refractivity contribution in [2.75, 3.05) is 6.54 Å². The normalized spacial score (nSPS) is 14.1. The van der Waals surface area contributed by atoms with Crippen molar-refractivity contribution in [3.63, 3.8) is 0 Å². The highest BCUT2D eigenvalue weighted by molar-refractivity contribution is 9.10. The Balaban J connectivity index is 2.33. The minimum absolute atomic E-state index is 0.254. The fourth-order valence-corrected chi connectivity index (χ4v) is 2.82. The van der Waals surface area contributed by atoms with Gasteiger partial charge in [-0.1, -0.05) is 34.1 Å². The zero-order chi connectivity index (χ0) is 14.7. The van der Waals surface area contributed by atoms with Crippen LogP contribution in [-0.4, -0.2) is 11.7 Å². The van der Waals surface area contributed by atoms with Crippen LogP contribution in [0.25, 0.3) is 0 Å². The summed E-state index contributed by atoms with van der Waals surface area (Å²) in [6, 6.07) is 11.9. The first-order valence-corrected chi connectivity index (χ1v) is 7.22. The number of aliphatic hydroxyl groups excluding tert-OH is 1. The molecule has 2 atom stereocenters. The summed E-state index contributed by atoms with van der Waals surface area (Å²) >= 11 is 3.40. The van der Waals surface area contributed by atoms with E-state index in [0.29, 0.717) is 6.54 Å². The van der Waals surface area contributed by atoms with Gasteiger partial charge in [-0.25, -0.2) is 4.39 Å². The fourth-order valence-electron chi connectivity index (χ4n) is 2.34. The van der Waals surface area contributed by atoms with Crippen LogP contribution in [-0.2, 0) is 0 Å². The lowest BCUT2D eigenvalue weighted by molar-refractivity contribution is 0.146. The lowest BCUT2D eigenvalue weighted by atomic mass is 9.87. The second-order valence-electron chi connectivity index (χ2n) is 4.84. The van der Waals surface area contributed by atoms with Crippen LogP contribution in [0.5, 0.6) is 0 Å². The molecule has 3 N–H and O–H groups in total. The molecule has 0 fully saturated rings. The zero-order valence-corrected chi connectivity index (χ0v) is 12.8. The molecule has 2 aromatic carbocycles. The highest BCUT2D eigenvalue weighted by atomic mass is 79.9. The molecule has 20 heavy (non-hydrogen) atoms. The number of hydrogen-bond donors (Lipinski definition) is 2. The molecular weight excluding hydrogens is 321 g/mol. The van der Waals surface area contributed by atoms with Gasteiger partial charge in [0, 0.05) is 16.9 Å². The van der Waals surface area contributed by atoms with Crippen molar-refractivity contribution in [1.82, 2.24) is 0 Å². The van der Waals surface area contributed by atoms with Crippen LogP contribution in [0.3, 0.4) is 0 Å². The number of aliphatic hydroxyl groups is 1. The molecular formula is C16H17BrFNO. The van der Waals surface area contributed by atoms with Gasteiger partial charge in [-0.05, 0) is 47.9 Å². The molecule has 0 aliphatic rings. The van der Waals surface area contributed by atoms with E-state index in [0.717, 1.165) is 21.2 Å². The Morgan fingerprint density at radius 3 is 2.40 bits per heavy atom. The van der Waals surface area contributed by atoms with E-state index in [2.05, 4.69) is 15.9 Å². The maximum Gasteiger partial charge on any atom is 0.123 e. The molecule has 2 aromatic rings. The van der Waals surface area contributed by atoms with E-state index in [1.807, 2.05) is 25.1 Å². The number of rotatable bonds is 4. The molecule has 106 valence electrons. The second kappa shape index (κ2) is 6.48. The van der Waals surface area contributed by atoms with Crippen LogP contribution in [0, 0.1) is 12.7 Å². The molecule has 2 unspecified atom stereocenters. The summed E-state index contributed by atoms with van der Waals surface area (Å²) in [7, 11) is 0. The van der Waals surface area contributed by atoms with Gasteiger partial charge in [0.05, 0.1) is 6.10 Å². The van der Waals surface area contributed by atoms with E-state index in [1.165, 1.54) is 12.1 Å². The van der Waals surface area contributed by atoms with Crippen molar-refractivity contribution in [2.45, 2.75) is 18.9 Å². The van der Waals surface area contributed by atoms with Crippen LogP contribution < -0.4 is 5.73 Å². The summed E-state index contributed by atoms with van der Waals surface area (Å²) in [5.41, 5.74) is 8.47. The van der Waals surface area contributed by atoms with Gasteiger partial charge in [0.15, 0.2) is 0 Å². The van der Waals surface area contributed by atoms with E-state index in [-0.39, 0.29) is 11.7 Å². The molecule has 0 aromatic heterocycles. The molecule has 0 heterocycles. The number of halogens is 2. The van der Waals surface area contributed by atoms with E-state index >= 15 is 0 Å². The number of aryl methyl sites for hydroxylation is 1. The number of benzene rings is 2. The monoisotopic (exact) mass is 337 g/mol. The van der Waals surface area contributed by atoms with Gasteiger partial charge in [-0.2, -0.15) is 0 Å². The summed E-state index contributed by atoms with van der Waals surface area (Å²) in [4.78, 5) is 0. The Morgan fingerprint density at radius 2 is 1.85 bits per heavy atom. The first-order chi connectivity index (χ1) is 9.52. The molecule has 2 nitrogen and oxygen atoms in total. The third-order valence-corrected chi connectivity index (χ3v) is 3.98. The van der Waals surface area contributed by atoms with Gasteiger partial charge in [-0.3, -0.25) is 0 Å². The third kappa shape index (κ3) is 3.26. The maximum absolute atomic E-state index is 13.0. The maximum atomic E-state index is 13.0. The van der Waals surface area contributed by atoms with Crippen molar-refractivity contribution in [3.05, 3.63) is 69.4 Å². The number of nitrogens with two attached hydrogens (primary N) is 1. The molecule has 0 amide bonds. The first-order valence-electron chi connectivity index (χ1n) is 6.42. The molecule has 4 heteroatoms. The minimum atomic E-state index is -0.710. The third-order valence-electron chi connectivity index (χ3n) is 3.48. The Bertz CT molecular complexity index is 586. The average Bonchev–Trinajstić information content (AvgIpc) is 2.41. The Kier molecular flexibility index (Phi) is 4.91. The Hall–Kier alpha value is -1.23. The van der Waals surface area contributed by atoms with E-state index < -0.39 is 6.10 Å². The van der Waals surface area contributed by atoms with E-state index in [4.69, 9.17) is 5.73 Å². The summed E-state index contributed by atoms with van der Waals surface area (Å²) in [5.74, 6) is -0.547. The highest BCUT2D eigenvalue weighted by Gasteiger charge is 2.22. The molecule has 0 saturated carbocycles. The summed E-state index contributed by atoms with van der Waals surface area (Å²) in [6.45, 7) is 2.24. The lowest BCUT2D eigenvalue weighted by Gasteiger charge is -2.24. The molecule has 0 aliphatic carbocycles. The van der Waals surface area contributed by atoms with Crippen LogP contribution in [0.4, 0.5) is 4.39 Å². The molecule has 0 aliphatic heterocycles. The lowest BCUT2D eigenvalue weighted by Crippen LogP contribution is -2.20. The van der Waals surface area contributed by atoms with Gasteiger partial charge < -0.3 is 10.8 Å². The van der Waals surface area contributed by atoms with Gasteiger partial charge >= 0.3 is 0 Å². The van der Waals surface area contributed by atoms with Crippen molar-refractivity contribution in [1.29, 1.82) is 0 Å². The van der Waals surface area contributed by atoms with Crippen molar-refractivity contribution < 1.29 is 9.50 Å². The van der Waals surface area contributed by atoms with Gasteiger partial charge in [0.1, 0.15) is 5.82 Å². The van der Waals surface area contributed by atoms with E-state index in [1.54, 1.807) is 12.1 Å². The summed E-state index contributed by atoms with van der Waals surface area (Å²) in [6.07, 6.45) is -0.710. The van der Waals surface area contributed by atoms with Crippen molar-refractivity contribution in [2.24, 2.45) is 5.73 Å². The van der Waals surface area contributed by atoms with Gasteiger partial charge in [0.2, 0.25) is 0 Å². The van der Waals surface area contributed by atoms with Crippen molar-refractivity contribution >= 4 is 15.9 Å². The predicted molar refractivity (Wildman–Crippen MR) is 82.0 cm³/mol. The van der Waals surface area contributed by atoms with Crippen LogP contribution in [0.1, 0.15) is 28.7 Å². The standard InChI is InChI=1S/C16H17BrFNO/c1-10-8-12(17)4-7-14(10)16(20)15(9-19)11-2-5-13(18)6-3-11/h2-8,15-16,20H,9,19H2,1H3. The fraction of sp³-hybridized carbons (Fsp3) is 0.250. The topological polar surface area (TPSA) is 46.2 Å². The smallest absolute Gasteiger partial charge is 0.123 e. The predicted octanol–water partition coefficient (Wildman–Crippen LogP) is 3.67. The minimum Gasteiger partial charge on any atom is -0.388 e. The van der Waals surface area contributed by atoms with Gasteiger partial charge in [-0.15, -0.1) is 0 Å². The summed E-state index contributed by atoms with van der Waals surface area (Å²) < 4.78 is 14.0. The second-order valence-corrected chi connectivity index (χ2v) is 5.76. The largest absolute Gasteiger partial charge is 0.388 e. The molecule has 0 saturated heterocycles. The zero-order valence-electron chi connectivity index (χ0n) is 11.2. The van der Waals surface area contributed by atoms with Crippen LogP contribution in [0.15, 0.2) is 46.9 Å². The molecule has 2 rings (SSSR count). The van der Waals surface area contributed by atoms with Crippen LogP contribution >= 0.6 is 15.9 Å². The van der Waals surface area contributed by atoms with Crippen molar-refractivity contribution in [3.8, 4) is 0 Å². The Morgan fingerprint density at radius 1 is 1.20 bits per heavy atom. The highest BCUT2D eigenvalue weighted by Crippen LogP contribution is 2.32. The number of hydrogen-bond acceptors (Lipinski definition) is 2. The van der Waals surface area contributed by atoms with Crippen LogP contribution in [0.2, 0.25) is 0 Å². The SMILES string of the molecule is Cc1cc(Br)ccc1C(O)C(CN)c1ccc(F)cc1. The summed E-state index contributed by atoms with van der Waals surface area (Å²) in [5, 5.41) is 10.6. The molecule has 0 radical (unpaired) electrons. The Labute approximate surface area is 126 Å². The van der Waals surface area contributed by atoms with E-state index in [9.17, 15) is 9.50 Å². The quantitative estimate of drug-likeness (QED) is 0.893. The first kappa shape index (κ1) is 15.2. The van der Waals surface area contributed by atoms with Gasteiger partial charge in [0.25, 0.3) is 0 Å². The average molecular weight is 338 g/mol. The molecule has 0 spiro atoms.